The fourth-order valence-corrected chi connectivity index (χ4v) is 1.92. The Balaban J connectivity index is 2.15. The van der Waals surface area contributed by atoms with E-state index in [-0.39, 0.29) is 5.91 Å². The highest BCUT2D eigenvalue weighted by molar-refractivity contribution is 6.33. The van der Waals surface area contributed by atoms with E-state index in [0.717, 1.165) is 19.4 Å². The summed E-state index contributed by atoms with van der Waals surface area (Å²) < 4.78 is 0. The SMILES string of the molecule is CCNc1ncc(C(=O)N(C)C2CC2)cc1Cl. The van der Waals surface area contributed by atoms with Gasteiger partial charge in [0.25, 0.3) is 5.91 Å². The predicted octanol–water partition coefficient (Wildman–Crippen LogP) is 2.40. The van der Waals surface area contributed by atoms with Crippen LogP contribution in [0, 0.1) is 0 Å². The maximum atomic E-state index is 12.1. The average Bonchev–Trinajstić information content (AvgIpc) is 3.14. The van der Waals surface area contributed by atoms with E-state index in [1.807, 2.05) is 14.0 Å². The van der Waals surface area contributed by atoms with Gasteiger partial charge in [-0.05, 0) is 25.8 Å². The van der Waals surface area contributed by atoms with Crippen molar-refractivity contribution in [3.8, 4) is 0 Å². The van der Waals surface area contributed by atoms with Gasteiger partial charge in [-0.15, -0.1) is 0 Å². The zero-order valence-electron chi connectivity index (χ0n) is 10.0. The molecule has 1 aromatic heterocycles. The molecule has 1 amide bonds. The van der Waals surface area contributed by atoms with E-state index in [0.29, 0.717) is 22.4 Å². The van der Waals surface area contributed by atoms with Gasteiger partial charge in [-0.1, -0.05) is 11.6 Å². The van der Waals surface area contributed by atoms with Crippen LogP contribution in [0.15, 0.2) is 12.3 Å². The Bertz CT molecular complexity index is 432. The minimum Gasteiger partial charge on any atom is -0.369 e. The van der Waals surface area contributed by atoms with Gasteiger partial charge in [0.15, 0.2) is 0 Å². The van der Waals surface area contributed by atoms with Gasteiger partial charge in [-0.25, -0.2) is 4.98 Å². The molecule has 1 N–H and O–H groups in total. The third-order valence-corrected chi connectivity index (χ3v) is 3.14. The van der Waals surface area contributed by atoms with Crippen molar-refractivity contribution in [2.24, 2.45) is 0 Å². The summed E-state index contributed by atoms with van der Waals surface area (Å²) >= 11 is 6.06. The molecule has 0 aliphatic heterocycles. The molecule has 2 rings (SSSR count). The third kappa shape index (κ3) is 2.69. The molecule has 1 aliphatic carbocycles. The van der Waals surface area contributed by atoms with E-state index in [1.165, 1.54) is 0 Å². The number of pyridine rings is 1. The Kier molecular flexibility index (Phi) is 3.52. The Morgan fingerprint density at radius 2 is 2.35 bits per heavy atom. The molecule has 1 fully saturated rings. The van der Waals surface area contributed by atoms with E-state index in [2.05, 4.69) is 10.3 Å². The van der Waals surface area contributed by atoms with Crippen molar-refractivity contribution in [1.29, 1.82) is 0 Å². The molecule has 1 aromatic rings. The number of carbonyl (C=O) groups excluding carboxylic acids is 1. The minimum absolute atomic E-state index is 0.00931. The molecule has 5 heteroatoms. The van der Waals surface area contributed by atoms with Crippen molar-refractivity contribution in [3.05, 3.63) is 22.8 Å². The highest BCUT2D eigenvalue weighted by Crippen LogP contribution is 2.27. The maximum absolute atomic E-state index is 12.1. The topological polar surface area (TPSA) is 45.2 Å². The largest absolute Gasteiger partial charge is 0.369 e. The molecule has 0 spiro atoms. The van der Waals surface area contributed by atoms with Crippen molar-refractivity contribution in [1.82, 2.24) is 9.88 Å². The number of halogens is 1. The minimum atomic E-state index is -0.00931. The maximum Gasteiger partial charge on any atom is 0.255 e. The molecular weight excluding hydrogens is 238 g/mol. The molecule has 1 saturated carbocycles. The molecule has 0 aromatic carbocycles. The van der Waals surface area contributed by atoms with Gasteiger partial charge in [0.2, 0.25) is 0 Å². The number of hydrogen-bond acceptors (Lipinski definition) is 3. The first-order chi connectivity index (χ1) is 8.13. The Morgan fingerprint density at radius 1 is 1.65 bits per heavy atom. The zero-order valence-corrected chi connectivity index (χ0v) is 10.8. The average molecular weight is 254 g/mol. The van der Waals surface area contributed by atoms with Gasteiger partial charge in [0.05, 0.1) is 10.6 Å². The van der Waals surface area contributed by atoms with Crippen LogP contribution in [0.25, 0.3) is 0 Å². The van der Waals surface area contributed by atoms with Crippen molar-refractivity contribution < 1.29 is 4.79 Å². The molecule has 1 heterocycles. The van der Waals surface area contributed by atoms with E-state index in [9.17, 15) is 4.79 Å². The van der Waals surface area contributed by atoms with Crippen LogP contribution in [0.5, 0.6) is 0 Å². The number of hydrogen-bond donors (Lipinski definition) is 1. The molecule has 0 radical (unpaired) electrons. The summed E-state index contributed by atoms with van der Waals surface area (Å²) in [4.78, 5) is 18.0. The van der Waals surface area contributed by atoms with E-state index >= 15 is 0 Å². The first-order valence-corrected chi connectivity index (χ1v) is 6.18. The Hall–Kier alpha value is -1.29. The van der Waals surface area contributed by atoms with E-state index < -0.39 is 0 Å². The van der Waals surface area contributed by atoms with Gasteiger partial charge >= 0.3 is 0 Å². The smallest absolute Gasteiger partial charge is 0.255 e. The van der Waals surface area contributed by atoms with Crippen LogP contribution in [0.1, 0.15) is 30.1 Å². The first kappa shape index (κ1) is 12.2. The lowest BCUT2D eigenvalue weighted by atomic mass is 10.2. The molecule has 0 atom stereocenters. The van der Waals surface area contributed by atoms with Crippen molar-refractivity contribution in [3.63, 3.8) is 0 Å². The molecule has 0 saturated heterocycles. The summed E-state index contributed by atoms with van der Waals surface area (Å²) in [5, 5.41) is 3.53. The molecule has 0 bridgehead atoms. The lowest BCUT2D eigenvalue weighted by Crippen LogP contribution is -2.28. The summed E-state index contributed by atoms with van der Waals surface area (Å²) in [5.74, 6) is 0.616. The van der Waals surface area contributed by atoms with Gasteiger partial charge in [0.1, 0.15) is 5.82 Å². The highest BCUT2D eigenvalue weighted by Gasteiger charge is 2.30. The second-order valence-electron chi connectivity index (χ2n) is 4.23. The van der Waals surface area contributed by atoms with Crippen LogP contribution >= 0.6 is 11.6 Å². The predicted molar refractivity (Wildman–Crippen MR) is 68.5 cm³/mol. The number of anilines is 1. The van der Waals surface area contributed by atoms with Crippen molar-refractivity contribution >= 4 is 23.3 Å². The van der Waals surface area contributed by atoms with Crippen LogP contribution in [0.4, 0.5) is 5.82 Å². The van der Waals surface area contributed by atoms with Crippen molar-refractivity contribution in [2.75, 3.05) is 18.9 Å². The number of carbonyl (C=O) groups is 1. The third-order valence-electron chi connectivity index (χ3n) is 2.85. The number of rotatable bonds is 4. The van der Waals surface area contributed by atoms with Crippen LogP contribution in [-0.2, 0) is 0 Å². The molecule has 0 unspecified atom stereocenters. The highest BCUT2D eigenvalue weighted by atomic mass is 35.5. The van der Waals surface area contributed by atoms with Crippen LogP contribution in [0.2, 0.25) is 5.02 Å². The second kappa shape index (κ2) is 4.92. The van der Waals surface area contributed by atoms with Gasteiger partial charge in [-0.3, -0.25) is 4.79 Å². The normalized spacial score (nSPS) is 14.5. The summed E-state index contributed by atoms with van der Waals surface area (Å²) in [6.45, 7) is 2.72. The van der Waals surface area contributed by atoms with Crippen LogP contribution in [-0.4, -0.2) is 35.4 Å². The lowest BCUT2D eigenvalue weighted by Gasteiger charge is -2.16. The van der Waals surface area contributed by atoms with Crippen LogP contribution < -0.4 is 5.32 Å². The molecule has 4 nitrogen and oxygen atoms in total. The summed E-state index contributed by atoms with van der Waals surface area (Å²) in [6.07, 6.45) is 3.77. The number of aromatic nitrogens is 1. The Labute approximate surface area is 106 Å². The first-order valence-electron chi connectivity index (χ1n) is 5.80. The van der Waals surface area contributed by atoms with Crippen LogP contribution in [0.3, 0.4) is 0 Å². The van der Waals surface area contributed by atoms with E-state index in [1.54, 1.807) is 17.2 Å². The van der Waals surface area contributed by atoms with Crippen molar-refractivity contribution in [2.45, 2.75) is 25.8 Å². The summed E-state index contributed by atoms with van der Waals surface area (Å²) in [7, 11) is 1.83. The second-order valence-corrected chi connectivity index (χ2v) is 4.64. The summed E-state index contributed by atoms with van der Waals surface area (Å²) in [6, 6.07) is 2.07. The Morgan fingerprint density at radius 3 is 2.88 bits per heavy atom. The summed E-state index contributed by atoms with van der Waals surface area (Å²) in [5.41, 5.74) is 0.547. The molecule has 17 heavy (non-hydrogen) atoms. The van der Waals surface area contributed by atoms with E-state index in [4.69, 9.17) is 11.6 Å². The number of nitrogens with one attached hydrogen (secondary N) is 1. The van der Waals surface area contributed by atoms with Gasteiger partial charge < -0.3 is 10.2 Å². The fourth-order valence-electron chi connectivity index (χ4n) is 1.68. The standard InChI is InChI=1S/C12H16ClN3O/c1-3-14-11-10(13)6-8(7-15-11)12(17)16(2)9-4-5-9/h6-7,9H,3-5H2,1-2H3,(H,14,15). The van der Waals surface area contributed by atoms with Gasteiger partial charge in [-0.2, -0.15) is 0 Å². The fraction of sp³-hybridized carbons (Fsp3) is 0.500. The number of nitrogens with zero attached hydrogens (tertiary/aromatic N) is 2. The molecule has 92 valence electrons. The lowest BCUT2D eigenvalue weighted by molar-refractivity contribution is 0.0784. The van der Waals surface area contributed by atoms with Gasteiger partial charge in [0, 0.05) is 25.8 Å². The quantitative estimate of drug-likeness (QED) is 0.896. The molecular formula is C12H16ClN3O. The molecule has 1 aliphatic rings. The number of amides is 1. The monoisotopic (exact) mass is 253 g/mol. The zero-order chi connectivity index (χ0) is 12.4.